The van der Waals surface area contributed by atoms with Gasteiger partial charge in [0.15, 0.2) is 0 Å². The zero-order chi connectivity index (χ0) is 17.1. The maximum Gasteiger partial charge on any atom is 0.0726 e. The lowest BCUT2D eigenvalue weighted by Gasteiger charge is -2.37. The molecule has 1 saturated carbocycles. The number of morpholine rings is 1. The van der Waals surface area contributed by atoms with E-state index in [4.69, 9.17) is 22.1 Å². The average Bonchev–Trinajstić information content (AvgIpc) is 2.53. The molecule has 0 radical (unpaired) electrons. The normalized spacial score (nSPS) is 31.1. The van der Waals surface area contributed by atoms with Crippen LogP contribution in [0.5, 0.6) is 0 Å². The highest BCUT2D eigenvalue weighted by atomic mass is 35.5. The van der Waals surface area contributed by atoms with Crippen molar-refractivity contribution in [3.8, 4) is 0 Å². The van der Waals surface area contributed by atoms with Crippen LogP contribution in [0.25, 0.3) is 0 Å². The SMILES string of the molecule is CC1CN(c2ccc(NCC3CCC(N)CC3)cc2Cl)CC(C)O1. The summed E-state index contributed by atoms with van der Waals surface area (Å²) in [5.41, 5.74) is 8.19. The summed E-state index contributed by atoms with van der Waals surface area (Å²) in [5, 5.41) is 4.36. The Bertz CT molecular complexity index is 535. The van der Waals surface area contributed by atoms with Crippen LogP contribution in [0.15, 0.2) is 18.2 Å². The van der Waals surface area contributed by atoms with E-state index in [1.54, 1.807) is 0 Å². The Hall–Kier alpha value is -0.970. The molecule has 0 amide bonds. The molecule has 1 saturated heterocycles. The summed E-state index contributed by atoms with van der Waals surface area (Å²) in [6.07, 6.45) is 5.23. The fourth-order valence-electron chi connectivity index (χ4n) is 3.90. The van der Waals surface area contributed by atoms with E-state index in [2.05, 4.69) is 42.3 Å². The van der Waals surface area contributed by atoms with Gasteiger partial charge in [0.2, 0.25) is 0 Å². The average molecular weight is 352 g/mol. The second-order valence-corrected chi connectivity index (χ2v) is 7.90. The van der Waals surface area contributed by atoms with Gasteiger partial charge in [-0.3, -0.25) is 0 Å². The van der Waals surface area contributed by atoms with Gasteiger partial charge < -0.3 is 20.7 Å². The first-order chi connectivity index (χ1) is 11.5. The number of nitrogens with zero attached hydrogens (tertiary/aromatic N) is 1. The van der Waals surface area contributed by atoms with Crippen molar-refractivity contribution in [3.05, 3.63) is 23.2 Å². The fraction of sp³-hybridized carbons (Fsp3) is 0.684. The minimum absolute atomic E-state index is 0.236. The fourth-order valence-corrected chi connectivity index (χ4v) is 4.20. The minimum Gasteiger partial charge on any atom is -0.385 e. The lowest BCUT2D eigenvalue weighted by molar-refractivity contribution is -0.00520. The summed E-state index contributed by atoms with van der Waals surface area (Å²) in [6, 6.07) is 6.73. The van der Waals surface area contributed by atoms with E-state index in [1.807, 2.05) is 0 Å². The number of halogens is 1. The van der Waals surface area contributed by atoms with E-state index in [0.29, 0.717) is 6.04 Å². The van der Waals surface area contributed by atoms with E-state index < -0.39 is 0 Å². The molecule has 4 nitrogen and oxygen atoms in total. The molecule has 0 spiro atoms. The highest BCUT2D eigenvalue weighted by molar-refractivity contribution is 6.33. The van der Waals surface area contributed by atoms with Crippen LogP contribution in [0.4, 0.5) is 11.4 Å². The molecule has 1 heterocycles. The molecule has 5 heteroatoms. The van der Waals surface area contributed by atoms with Crippen molar-refractivity contribution in [2.75, 3.05) is 29.9 Å². The van der Waals surface area contributed by atoms with Crippen molar-refractivity contribution in [2.24, 2.45) is 11.7 Å². The molecule has 3 N–H and O–H groups in total. The first kappa shape index (κ1) is 17.8. The maximum absolute atomic E-state index is 6.56. The summed E-state index contributed by atoms with van der Waals surface area (Å²) in [6.45, 7) is 7.01. The van der Waals surface area contributed by atoms with Gasteiger partial charge in [0, 0.05) is 31.4 Å². The summed E-state index contributed by atoms with van der Waals surface area (Å²) in [5.74, 6) is 0.726. The van der Waals surface area contributed by atoms with Crippen molar-refractivity contribution >= 4 is 23.0 Å². The maximum atomic E-state index is 6.56. The van der Waals surface area contributed by atoms with Gasteiger partial charge in [0.25, 0.3) is 0 Å². The Morgan fingerprint density at radius 1 is 1.17 bits per heavy atom. The highest BCUT2D eigenvalue weighted by Crippen LogP contribution is 2.31. The van der Waals surface area contributed by atoms with E-state index >= 15 is 0 Å². The van der Waals surface area contributed by atoms with Crippen LogP contribution in [0.1, 0.15) is 39.5 Å². The van der Waals surface area contributed by atoms with Gasteiger partial charge in [0.1, 0.15) is 0 Å². The number of nitrogens with two attached hydrogens (primary N) is 1. The summed E-state index contributed by atoms with van der Waals surface area (Å²) in [4.78, 5) is 2.33. The van der Waals surface area contributed by atoms with Crippen LogP contribution in [-0.4, -0.2) is 37.9 Å². The Balaban J connectivity index is 1.58. The largest absolute Gasteiger partial charge is 0.385 e. The van der Waals surface area contributed by atoms with Gasteiger partial charge in [-0.25, -0.2) is 0 Å². The number of hydrogen-bond donors (Lipinski definition) is 2. The van der Waals surface area contributed by atoms with Gasteiger partial charge in [-0.2, -0.15) is 0 Å². The van der Waals surface area contributed by atoms with Gasteiger partial charge in [-0.05, 0) is 63.6 Å². The number of rotatable bonds is 4. The Labute approximate surface area is 150 Å². The van der Waals surface area contributed by atoms with Gasteiger partial charge in [0.05, 0.1) is 22.9 Å². The molecule has 24 heavy (non-hydrogen) atoms. The number of hydrogen-bond acceptors (Lipinski definition) is 4. The van der Waals surface area contributed by atoms with Crippen molar-refractivity contribution in [3.63, 3.8) is 0 Å². The number of nitrogens with one attached hydrogen (secondary N) is 1. The minimum atomic E-state index is 0.236. The van der Waals surface area contributed by atoms with Crippen LogP contribution < -0.4 is 16.0 Å². The van der Waals surface area contributed by atoms with Crippen LogP contribution >= 0.6 is 11.6 Å². The third-order valence-electron chi connectivity index (χ3n) is 5.19. The molecule has 134 valence electrons. The van der Waals surface area contributed by atoms with Gasteiger partial charge in [-0.1, -0.05) is 11.6 Å². The number of benzene rings is 1. The molecule has 1 aliphatic carbocycles. The quantitative estimate of drug-likeness (QED) is 0.864. The molecular weight excluding hydrogens is 322 g/mol. The number of ether oxygens (including phenoxy) is 1. The Morgan fingerprint density at radius 3 is 2.46 bits per heavy atom. The standard InChI is InChI=1S/C19H30ClN3O/c1-13-11-23(12-14(2)24-13)19-8-7-17(9-18(19)20)22-10-15-3-5-16(21)6-4-15/h7-9,13-16,22H,3-6,10-12,21H2,1-2H3. The molecule has 2 unspecified atom stereocenters. The van der Waals surface area contributed by atoms with Crippen molar-refractivity contribution in [2.45, 2.75) is 57.8 Å². The first-order valence-corrected chi connectivity index (χ1v) is 9.58. The van der Waals surface area contributed by atoms with Crippen molar-refractivity contribution in [1.82, 2.24) is 0 Å². The van der Waals surface area contributed by atoms with E-state index in [9.17, 15) is 0 Å². The Morgan fingerprint density at radius 2 is 1.83 bits per heavy atom. The Kier molecular flexibility index (Phi) is 5.90. The molecule has 2 aliphatic rings. The van der Waals surface area contributed by atoms with Crippen LogP contribution in [-0.2, 0) is 4.74 Å². The molecule has 1 aromatic carbocycles. The lowest BCUT2D eigenvalue weighted by Crippen LogP contribution is -2.45. The molecule has 3 rings (SSSR count). The molecule has 0 aromatic heterocycles. The van der Waals surface area contributed by atoms with Crippen LogP contribution in [0, 0.1) is 5.92 Å². The van der Waals surface area contributed by atoms with Crippen molar-refractivity contribution in [1.29, 1.82) is 0 Å². The van der Waals surface area contributed by atoms with E-state index in [1.165, 1.54) is 12.8 Å². The second kappa shape index (κ2) is 7.94. The van der Waals surface area contributed by atoms with Gasteiger partial charge in [-0.15, -0.1) is 0 Å². The third kappa shape index (κ3) is 4.56. The summed E-state index contributed by atoms with van der Waals surface area (Å²) in [7, 11) is 0. The summed E-state index contributed by atoms with van der Waals surface area (Å²) >= 11 is 6.56. The highest BCUT2D eigenvalue weighted by Gasteiger charge is 2.24. The lowest BCUT2D eigenvalue weighted by atomic mass is 9.86. The monoisotopic (exact) mass is 351 g/mol. The molecule has 2 fully saturated rings. The second-order valence-electron chi connectivity index (χ2n) is 7.49. The smallest absolute Gasteiger partial charge is 0.0726 e. The van der Waals surface area contributed by atoms with E-state index in [0.717, 1.165) is 54.8 Å². The first-order valence-electron chi connectivity index (χ1n) is 9.20. The molecular formula is C19H30ClN3O. The third-order valence-corrected chi connectivity index (χ3v) is 5.50. The van der Waals surface area contributed by atoms with Crippen LogP contribution in [0.2, 0.25) is 5.02 Å². The summed E-state index contributed by atoms with van der Waals surface area (Å²) < 4.78 is 5.81. The molecule has 2 atom stereocenters. The topological polar surface area (TPSA) is 50.5 Å². The predicted octanol–water partition coefficient (Wildman–Crippen LogP) is 3.88. The molecule has 1 aromatic rings. The van der Waals surface area contributed by atoms with Gasteiger partial charge >= 0.3 is 0 Å². The zero-order valence-corrected chi connectivity index (χ0v) is 15.6. The number of anilines is 2. The molecule has 0 bridgehead atoms. The zero-order valence-electron chi connectivity index (χ0n) is 14.8. The predicted molar refractivity (Wildman–Crippen MR) is 102 cm³/mol. The van der Waals surface area contributed by atoms with E-state index in [-0.39, 0.29) is 12.2 Å². The molecule has 1 aliphatic heterocycles. The van der Waals surface area contributed by atoms with Crippen molar-refractivity contribution < 1.29 is 4.74 Å². The van der Waals surface area contributed by atoms with Crippen LogP contribution in [0.3, 0.4) is 0 Å².